The highest BCUT2D eigenvalue weighted by Gasteiger charge is 2.07. The second kappa shape index (κ2) is 5.75. The highest BCUT2D eigenvalue weighted by Crippen LogP contribution is 2.18. The third kappa shape index (κ3) is 3.26. The van der Waals surface area contributed by atoms with Crippen LogP contribution in [-0.4, -0.2) is 4.99 Å². The molecule has 0 bridgehead atoms. The first kappa shape index (κ1) is 13.4. The van der Waals surface area contributed by atoms with Crippen molar-refractivity contribution in [3.63, 3.8) is 0 Å². The zero-order chi connectivity index (χ0) is 13.8. The van der Waals surface area contributed by atoms with Crippen molar-refractivity contribution in [1.29, 1.82) is 0 Å². The SMILES string of the molecule is NC(=S)c1ccc(COc2ccccc2F)c(F)c1. The summed E-state index contributed by atoms with van der Waals surface area (Å²) >= 11 is 4.75. The van der Waals surface area contributed by atoms with Gasteiger partial charge in [-0.1, -0.05) is 36.5 Å². The molecule has 0 heterocycles. The molecule has 2 aromatic carbocycles. The van der Waals surface area contributed by atoms with Crippen molar-refractivity contribution in [2.75, 3.05) is 0 Å². The molecule has 98 valence electrons. The van der Waals surface area contributed by atoms with Crippen molar-refractivity contribution in [2.45, 2.75) is 6.61 Å². The Hall–Kier alpha value is -2.01. The maximum Gasteiger partial charge on any atom is 0.165 e. The molecule has 0 saturated carbocycles. The van der Waals surface area contributed by atoms with E-state index >= 15 is 0 Å². The van der Waals surface area contributed by atoms with Crippen molar-refractivity contribution < 1.29 is 13.5 Å². The van der Waals surface area contributed by atoms with Gasteiger partial charge in [0.25, 0.3) is 0 Å². The number of hydrogen-bond acceptors (Lipinski definition) is 2. The summed E-state index contributed by atoms with van der Waals surface area (Å²) in [7, 11) is 0. The number of ether oxygens (including phenoxy) is 1. The van der Waals surface area contributed by atoms with E-state index in [-0.39, 0.29) is 17.3 Å². The van der Waals surface area contributed by atoms with Crippen LogP contribution in [0, 0.1) is 11.6 Å². The van der Waals surface area contributed by atoms with Gasteiger partial charge in [-0.3, -0.25) is 0 Å². The van der Waals surface area contributed by atoms with Gasteiger partial charge in [0.2, 0.25) is 0 Å². The second-order valence-corrected chi connectivity index (χ2v) is 4.33. The van der Waals surface area contributed by atoms with E-state index in [1.165, 1.54) is 24.3 Å². The summed E-state index contributed by atoms with van der Waals surface area (Å²) in [6.45, 7) is -0.0651. The molecule has 2 N–H and O–H groups in total. The minimum atomic E-state index is -0.485. The van der Waals surface area contributed by atoms with Gasteiger partial charge in [0.1, 0.15) is 17.4 Å². The van der Waals surface area contributed by atoms with Gasteiger partial charge in [0, 0.05) is 11.1 Å². The Morgan fingerprint density at radius 3 is 2.47 bits per heavy atom. The summed E-state index contributed by atoms with van der Waals surface area (Å²) in [6, 6.07) is 10.3. The predicted molar refractivity (Wildman–Crippen MR) is 73.0 cm³/mol. The van der Waals surface area contributed by atoms with Crippen LogP contribution in [-0.2, 0) is 6.61 Å². The van der Waals surface area contributed by atoms with E-state index in [4.69, 9.17) is 22.7 Å². The van der Waals surface area contributed by atoms with Crippen molar-refractivity contribution >= 4 is 17.2 Å². The Labute approximate surface area is 114 Å². The standard InChI is InChI=1S/C14H11F2NOS/c15-11-3-1-2-4-13(11)18-8-10-6-5-9(14(17)19)7-12(10)16/h1-7H,8H2,(H2,17,19). The Bertz CT molecular complexity index is 616. The molecule has 2 nitrogen and oxygen atoms in total. The fraction of sp³-hybridized carbons (Fsp3) is 0.0714. The monoisotopic (exact) mass is 279 g/mol. The van der Waals surface area contributed by atoms with E-state index in [1.807, 2.05) is 0 Å². The number of hydrogen-bond donors (Lipinski definition) is 1. The maximum absolute atomic E-state index is 13.7. The molecule has 2 aromatic rings. The summed E-state index contributed by atoms with van der Waals surface area (Å²) in [5.74, 6) is -0.885. The molecule has 0 atom stereocenters. The molecular weight excluding hydrogens is 268 g/mol. The van der Waals surface area contributed by atoms with Crippen LogP contribution < -0.4 is 10.5 Å². The van der Waals surface area contributed by atoms with Gasteiger partial charge in [0.05, 0.1) is 0 Å². The molecule has 0 spiro atoms. The summed E-state index contributed by atoms with van der Waals surface area (Å²) in [5, 5.41) is 0. The lowest BCUT2D eigenvalue weighted by Crippen LogP contribution is -2.10. The Kier molecular flexibility index (Phi) is 4.06. The van der Waals surface area contributed by atoms with Gasteiger partial charge in [-0.05, 0) is 18.2 Å². The molecule has 2 rings (SSSR count). The number of thiocarbonyl (C=S) groups is 1. The van der Waals surface area contributed by atoms with Crippen LogP contribution >= 0.6 is 12.2 Å². The van der Waals surface area contributed by atoms with Crippen LogP contribution in [0.5, 0.6) is 5.75 Å². The fourth-order valence-corrected chi connectivity index (χ4v) is 1.66. The lowest BCUT2D eigenvalue weighted by atomic mass is 10.1. The molecule has 5 heteroatoms. The van der Waals surface area contributed by atoms with Crippen LogP contribution in [0.2, 0.25) is 0 Å². The normalized spacial score (nSPS) is 10.2. The van der Waals surface area contributed by atoms with Crippen molar-refractivity contribution in [3.8, 4) is 5.75 Å². The highest BCUT2D eigenvalue weighted by atomic mass is 32.1. The highest BCUT2D eigenvalue weighted by molar-refractivity contribution is 7.80. The molecule has 0 aliphatic heterocycles. The van der Waals surface area contributed by atoms with E-state index in [2.05, 4.69) is 0 Å². The number of halogens is 2. The van der Waals surface area contributed by atoms with Crippen molar-refractivity contribution in [3.05, 3.63) is 65.2 Å². The summed E-state index contributed by atoms with van der Waals surface area (Å²) < 4.78 is 32.3. The summed E-state index contributed by atoms with van der Waals surface area (Å²) in [4.78, 5) is 0.125. The molecular formula is C14H11F2NOS. The molecule has 0 unspecified atom stereocenters. The molecule has 0 saturated heterocycles. The van der Waals surface area contributed by atoms with Crippen LogP contribution in [0.3, 0.4) is 0 Å². The summed E-state index contributed by atoms with van der Waals surface area (Å²) in [5.41, 5.74) is 6.16. The quantitative estimate of drug-likeness (QED) is 0.873. The number of rotatable bonds is 4. The van der Waals surface area contributed by atoms with E-state index in [0.29, 0.717) is 11.1 Å². The molecule has 19 heavy (non-hydrogen) atoms. The third-order valence-electron chi connectivity index (χ3n) is 2.56. The first-order valence-electron chi connectivity index (χ1n) is 5.53. The molecule has 0 radical (unpaired) electrons. The van der Waals surface area contributed by atoms with Crippen molar-refractivity contribution in [1.82, 2.24) is 0 Å². The number of benzene rings is 2. The minimum Gasteiger partial charge on any atom is -0.486 e. The number of nitrogens with two attached hydrogens (primary N) is 1. The zero-order valence-corrected chi connectivity index (χ0v) is 10.7. The van der Waals surface area contributed by atoms with E-state index in [0.717, 1.165) is 0 Å². The Morgan fingerprint density at radius 2 is 1.84 bits per heavy atom. The summed E-state index contributed by atoms with van der Waals surface area (Å²) in [6.07, 6.45) is 0. The van der Waals surface area contributed by atoms with Gasteiger partial charge in [-0.25, -0.2) is 8.78 Å². The maximum atomic E-state index is 13.7. The van der Waals surface area contributed by atoms with Crippen LogP contribution in [0.4, 0.5) is 8.78 Å². The van der Waals surface area contributed by atoms with Gasteiger partial charge >= 0.3 is 0 Å². The van der Waals surface area contributed by atoms with Gasteiger partial charge < -0.3 is 10.5 Å². The number of para-hydroxylation sites is 1. The lowest BCUT2D eigenvalue weighted by molar-refractivity contribution is 0.285. The van der Waals surface area contributed by atoms with Crippen LogP contribution in [0.25, 0.3) is 0 Å². The zero-order valence-electron chi connectivity index (χ0n) is 9.90. The van der Waals surface area contributed by atoms with Crippen LogP contribution in [0.15, 0.2) is 42.5 Å². The first-order valence-corrected chi connectivity index (χ1v) is 5.94. The van der Waals surface area contributed by atoms with E-state index in [1.54, 1.807) is 18.2 Å². The average Bonchev–Trinajstić information content (AvgIpc) is 2.39. The largest absolute Gasteiger partial charge is 0.486 e. The third-order valence-corrected chi connectivity index (χ3v) is 2.79. The van der Waals surface area contributed by atoms with Crippen molar-refractivity contribution in [2.24, 2.45) is 5.73 Å². The van der Waals surface area contributed by atoms with Crippen LogP contribution in [0.1, 0.15) is 11.1 Å². The van der Waals surface area contributed by atoms with Gasteiger partial charge in [0.15, 0.2) is 11.6 Å². The topological polar surface area (TPSA) is 35.2 Å². The Balaban J connectivity index is 2.12. The van der Waals surface area contributed by atoms with E-state index < -0.39 is 11.6 Å². The molecule has 0 aliphatic carbocycles. The molecule has 0 fully saturated rings. The molecule has 0 aromatic heterocycles. The predicted octanol–water partition coefficient (Wildman–Crippen LogP) is 3.18. The second-order valence-electron chi connectivity index (χ2n) is 3.89. The molecule has 0 aliphatic rings. The lowest BCUT2D eigenvalue weighted by Gasteiger charge is -2.08. The average molecular weight is 279 g/mol. The Morgan fingerprint density at radius 1 is 1.11 bits per heavy atom. The smallest absolute Gasteiger partial charge is 0.165 e. The minimum absolute atomic E-state index is 0.0651. The first-order chi connectivity index (χ1) is 9.08. The van der Waals surface area contributed by atoms with E-state index in [9.17, 15) is 8.78 Å². The van der Waals surface area contributed by atoms with Gasteiger partial charge in [-0.15, -0.1) is 0 Å². The fourth-order valence-electron chi connectivity index (χ4n) is 1.53. The van der Waals surface area contributed by atoms with Gasteiger partial charge in [-0.2, -0.15) is 0 Å². The molecule has 0 amide bonds.